The molecule has 2 rings (SSSR count). The van der Waals surface area contributed by atoms with Crippen LogP contribution in [0.1, 0.15) is 22.3 Å². The summed E-state index contributed by atoms with van der Waals surface area (Å²) in [4.78, 5) is 0. The summed E-state index contributed by atoms with van der Waals surface area (Å²) in [6.07, 6.45) is 0. The van der Waals surface area contributed by atoms with Gasteiger partial charge in [0, 0.05) is 11.4 Å². The molecule has 0 bridgehead atoms. The topological polar surface area (TPSA) is 61.3 Å². The molecule has 2 aromatic carbocycles. The molecule has 0 radical (unpaired) electrons. The molecule has 3 nitrogen and oxygen atoms in total. The number of ether oxygens (including phenoxy) is 1. The van der Waals surface area contributed by atoms with E-state index in [2.05, 4.69) is 0 Å². The molecule has 100 valence electrons. The lowest BCUT2D eigenvalue weighted by Crippen LogP contribution is -2.02. The first-order chi connectivity index (χ1) is 8.91. The van der Waals surface area contributed by atoms with Crippen LogP contribution in [0.4, 0.5) is 11.4 Å². The number of hydrogen-bond donors (Lipinski definition) is 2. The van der Waals surface area contributed by atoms with Crippen LogP contribution in [0.5, 0.6) is 11.5 Å². The molecule has 0 aromatic heterocycles. The monoisotopic (exact) mass is 256 g/mol. The molecule has 0 atom stereocenters. The van der Waals surface area contributed by atoms with E-state index in [9.17, 15) is 0 Å². The molecule has 4 N–H and O–H groups in total. The van der Waals surface area contributed by atoms with Crippen LogP contribution in [0.3, 0.4) is 0 Å². The van der Waals surface area contributed by atoms with E-state index in [-0.39, 0.29) is 0 Å². The standard InChI is InChI=1S/C16H20N2O/c1-9-11(3)16(12(4)10(2)15(9)18)19-14-7-5-13(17)6-8-14/h5-8H,17-18H2,1-4H3. The highest BCUT2D eigenvalue weighted by atomic mass is 16.5. The minimum atomic E-state index is 0.727. The Balaban J connectivity index is 2.48. The first kappa shape index (κ1) is 13.3. The van der Waals surface area contributed by atoms with Crippen molar-refractivity contribution in [1.29, 1.82) is 0 Å². The number of rotatable bonds is 2. The van der Waals surface area contributed by atoms with Gasteiger partial charge in [0.15, 0.2) is 0 Å². The summed E-state index contributed by atoms with van der Waals surface area (Å²) >= 11 is 0. The molecule has 0 saturated heterocycles. The smallest absolute Gasteiger partial charge is 0.133 e. The van der Waals surface area contributed by atoms with Gasteiger partial charge in [-0.3, -0.25) is 0 Å². The van der Waals surface area contributed by atoms with Crippen LogP contribution < -0.4 is 16.2 Å². The van der Waals surface area contributed by atoms with Crippen molar-refractivity contribution in [2.24, 2.45) is 0 Å². The highest BCUT2D eigenvalue weighted by Gasteiger charge is 2.14. The quantitative estimate of drug-likeness (QED) is 0.802. The lowest BCUT2D eigenvalue weighted by molar-refractivity contribution is 0.474. The predicted molar refractivity (Wildman–Crippen MR) is 80.7 cm³/mol. The van der Waals surface area contributed by atoms with E-state index in [0.29, 0.717) is 0 Å². The van der Waals surface area contributed by atoms with Crippen molar-refractivity contribution in [1.82, 2.24) is 0 Å². The molecular formula is C16H20N2O. The zero-order valence-electron chi connectivity index (χ0n) is 11.9. The molecular weight excluding hydrogens is 236 g/mol. The van der Waals surface area contributed by atoms with Gasteiger partial charge in [-0.2, -0.15) is 0 Å². The average molecular weight is 256 g/mol. The van der Waals surface area contributed by atoms with Gasteiger partial charge in [-0.05, 0) is 74.2 Å². The summed E-state index contributed by atoms with van der Waals surface area (Å²) < 4.78 is 6.00. The maximum absolute atomic E-state index is 6.09. The number of benzene rings is 2. The van der Waals surface area contributed by atoms with Crippen LogP contribution in [0.15, 0.2) is 24.3 Å². The van der Waals surface area contributed by atoms with E-state index in [1.807, 2.05) is 52.0 Å². The number of hydrogen-bond acceptors (Lipinski definition) is 3. The molecule has 0 fully saturated rings. The zero-order chi connectivity index (χ0) is 14.2. The van der Waals surface area contributed by atoms with E-state index in [4.69, 9.17) is 16.2 Å². The number of nitrogens with two attached hydrogens (primary N) is 2. The third-order valence-corrected chi connectivity index (χ3v) is 3.71. The molecule has 19 heavy (non-hydrogen) atoms. The Labute approximate surface area is 114 Å². The maximum Gasteiger partial charge on any atom is 0.133 e. The summed E-state index contributed by atoms with van der Waals surface area (Å²) in [5.74, 6) is 1.66. The Hall–Kier alpha value is -2.16. The Morgan fingerprint density at radius 3 is 1.68 bits per heavy atom. The Kier molecular flexibility index (Phi) is 3.38. The minimum Gasteiger partial charge on any atom is -0.457 e. The van der Waals surface area contributed by atoms with Crippen molar-refractivity contribution < 1.29 is 4.74 Å². The van der Waals surface area contributed by atoms with Crippen LogP contribution in [0.25, 0.3) is 0 Å². The Bertz CT molecular complexity index is 587. The van der Waals surface area contributed by atoms with E-state index in [1.165, 1.54) is 0 Å². The molecule has 0 aliphatic carbocycles. The van der Waals surface area contributed by atoms with Crippen molar-refractivity contribution in [2.45, 2.75) is 27.7 Å². The minimum absolute atomic E-state index is 0.727. The van der Waals surface area contributed by atoms with Crippen molar-refractivity contribution in [3.8, 4) is 11.5 Å². The van der Waals surface area contributed by atoms with Gasteiger partial charge >= 0.3 is 0 Å². The number of nitrogen functional groups attached to an aromatic ring is 2. The predicted octanol–water partition coefficient (Wildman–Crippen LogP) is 3.88. The van der Waals surface area contributed by atoms with Gasteiger partial charge < -0.3 is 16.2 Å². The third kappa shape index (κ3) is 2.36. The maximum atomic E-state index is 6.09. The van der Waals surface area contributed by atoms with Crippen molar-refractivity contribution in [2.75, 3.05) is 11.5 Å². The van der Waals surface area contributed by atoms with Gasteiger partial charge in [0.2, 0.25) is 0 Å². The van der Waals surface area contributed by atoms with Crippen LogP contribution in [0.2, 0.25) is 0 Å². The van der Waals surface area contributed by atoms with Gasteiger partial charge in [-0.15, -0.1) is 0 Å². The lowest BCUT2D eigenvalue weighted by atomic mass is 9.97. The molecule has 0 heterocycles. The van der Waals surface area contributed by atoms with E-state index in [1.54, 1.807) is 0 Å². The Morgan fingerprint density at radius 1 is 0.737 bits per heavy atom. The molecule has 0 spiro atoms. The van der Waals surface area contributed by atoms with Gasteiger partial charge in [0.25, 0.3) is 0 Å². The Morgan fingerprint density at radius 2 is 1.21 bits per heavy atom. The molecule has 0 amide bonds. The molecule has 0 unspecified atom stereocenters. The van der Waals surface area contributed by atoms with Crippen molar-refractivity contribution >= 4 is 11.4 Å². The average Bonchev–Trinajstić information content (AvgIpc) is 2.41. The first-order valence-electron chi connectivity index (χ1n) is 6.31. The highest BCUT2D eigenvalue weighted by molar-refractivity contribution is 5.65. The lowest BCUT2D eigenvalue weighted by Gasteiger charge is -2.18. The molecule has 0 saturated carbocycles. The normalized spacial score (nSPS) is 10.5. The highest BCUT2D eigenvalue weighted by Crippen LogP contribution is 2.36. The van der Waals surface area contributed by atoms with Crippen LogP contribution in [-0.2, 0) is 0 Å². The van der Waals surface area contributed by atoms with Crippen LogP contribution in [-0.4, -0.2) is 0 Å². The van der Waals surface area contributed by atoms with Gasteiger partial charge in [-0.25, -0.2) is 0 Å². The second kappa shape index (κ2) is 4.84. The summed E-state index contributed by atoms with van der Waals surface area (Å²) in [6, 6.07) is 7.40. The number of anilines is 2. The fraction of sp³-hybridized carbons (Fsp3) is 0.250. The van der Waals surface area contributed by atoms with E-state index < -0.39 is 0 Å². The van der Waals surface area contributed by atoms with Crippen molar-refractivity contribution in [3.63, 3.8) is 0 Å². The summed E-state index contributed by atoms with van der Waals surface area (Å²) in [7, 11) is 0. The van der Waals surface area contributed by atoms with Gasteiger partial charge in [-0.1, -0.05) is 0 Å². The SMILES string of the molecule is Cc1c(C)c(Oc2ccc(N)cc2)c(C)c(C)c1N. The first-order valence-corrected chi connectivity index (χ1v) is 6.31. The van der Waals surface area contributed by atoms with Crippen LogP contribution >= 0.6 is 0 Å². The molecule has 0 aliphatic rings. The summed E-state index contributed by atoms with van der Waals surface area (Å²) in [6.45, 7) is 8.11. The fourth-order valence-electron chi connectivity index (χ4n) is 2.11. The van der Waals surface area contributed by atoms with Gasteiger partial charge in [0.05, 0.1) is 0 Å². The second-order valence-electron chi connectivity index (χ2n) is 4.91. The van der Waals surface area contributed by atoms with E-state index >= 15 is 0 Å². The molecule has 3 heteroatoms. The summed E-state index contributed by atoms with van der Waals surface area (Å²) in [5, 5.41) is 0. The largest absolute Gasteiger partial charge is 0.457 e. The molecule has 0 aliphatic heterocycles. The molecule has 2 aromatic rings. The fourth-order valence-corrected chi connectivity index (χ4v) is 2.11. The van der Waals surface area contributed by atoms with Gasteiger partial charge in [0.1, 0.15) is 11.5 Å². The van der Waals surface area contributed by atoms with Crippen molar-refractivity contribution in [3.05, 3.63) is 46.5 Å². The third-order valence-electron chi connectivity index (χ3n) is 3.71. The second-order valence-corrected chi connectivity index (χ2v) is 4.91. The zero-order valence-corrected chi connectivity index (χ0v) is 11.9. The van der Waals surface area contributed by atoms with E-state index in [0.717, 1.165) is 45.1 Å². The summed E-state index contributed by atoms with van der Waals surface area (Å²) in [5.41, 5.74) is 17.7. The van der Waals surface area contributed by atoms with Crippen LogP contribution in [0, 0.1) is 27.7 Å².